The lowest BCUT2D eigenvalue weighted by molar-refractivity contribution is -0.124. The highest BCUT2D eigenvalue weighted by atomic mass is 19.1. The van der Waals surface area contributed by atoms with Gasteiger partial charge in [-0.1, -0.05) is 0 Å². The van der Waals surface area contributed by atoms with Crippen LogP contribution in [0.4, 0.5) is 4.39 Å². The van der Waals surface area contributed by atoms with Crippen molar-refractivity contribution in [1.29, 1.82) is 0 Å². The second-order valence-electron chi connectivity index (χ2n) is 4.17. The van der Waals surface area contributed by atoms with Gasteiger partial charge in [0.05, 0.1) is 0 Å². The SMILES string of the molecule is NNC(=O)[C@@H]1CCCN1C(=O)c1ccc(F)cc1. The molecule has 0 radical (unpaired) electrons. The van der Waals surface area contributed by atoms with E-state index in [0.29, 0.717) is 18.5 Å². The molecular formula is C12H14FN3O2. The van der Waals surface area contributed by atoms with E-state index in [-0.39, 0.29) is 11.8 Å². The number of carbonyl (C=O) groups excluding carboxylic acids is 2. The van der Waals surface area contributed by atoms with Gasteiger partial charge in [-0.3, -0.25) is 15.0 Å². The van der Waals surface area contributed by atoms with Gasteiger partial charge >= 0.3 is 0 Å². The fraction of sp³-hybridized carbons (Fsp3) is 0.333. The Labute approximate surface area is 104 Å². The largest absolute Gasteiger partial charge is 0.327 e. The van der Waals surface area contributed by atoms with E-state index in [4.69, 9.17) is 5.84 Å². The van der Waals surface area contributed by atoms with E-state index in [1.165, 1.54) is 29.2 Å². The predicted molar refractivity (Wildman–Crippen MR) is 62.8 cm³/mol. The lowest BCUT2D eigenvalue weighted by Crippen LogP contribution is -2.48. The first kappa shape index (κ1) is 12.5. The summed E-state index contributed by atoms with van der Waals surface area (Å²) in [4.78, 5) is 25.2. The number of nitrogens with two attached hydrogens (primary N) is 1. The Kier molecular flexibility index (Phi) is 3.57. The molecule has 1 aromatic carbocycles. The molecule has 0 aliphatic carbocycles. The van der Waals surface area contributed by atoms with E-state index in [0.717, 1.165) is 6.42 Å². The van der Waals surface area contributed by atoms with E-state index in [1.54, 1.807) is 0 Å². The predicted octanol–water partition coefficient (Wildman–Crippen LogP) is 0.420. The molecule has 3 N–H and O–H groups in total. The highest BCUT2D eigenvalue weighted by molar-refractivity contribution is 5.97. The summed E-state index contributed by atoms with van der Waals surface area (Å²) in [7, 11) is 0. The van der Waals surface area contributed by atoms with Crippen LogP contribution in [-0.4, -0.2) is 29.3 Å². The normalized spacial score (nSPS) is 18.8. The molecule has 18 heavy (non-hydrogen) atoms. The molecule has 0 saturated carbocycles. The number of benzene rings is 1. The van der Waals surface area contributed by atoms with Crippen LogP contribution in [0, 0.1) is 5.82 Å². The molecule has 5 nitrogen and oxygen atoms in total. The number of halogens is 1. The first-order chi connectivity index (χ1) is 8.63. The molecule has 0 unspecified atom stereocenters. The lowest BCUT2D eigenvalue weighted by atomic mass is 10.1. The number of nitrogens with one attached hydrogen (secondary N) is 1. The number of nitrogens with zero attached hydrogens (tertiary/aromatic N) is 1. The topological polar surface area (TPSA) is 75.4 Å². The maximum absolute atomic E-state index is 12.8. The van der Waals surface area contributed by atoms with Crippen molar-refractivity contribution < 1.29 is 14.0 Å². The second kappa shape index (κ2) is 5.14. The molecule has 1 aliphatic rings. The Bertz CT molecular complexity index is 461. The van der Waals surface area contributed by atoms with E-state index in [2.05, 4.69) is 5.43 Å². The van der Waals surface area contributed by atoms with Crippen molar-refractivity contribution in [3.8, 4) is 0 Å². The van der Waals surface area contributed by atoms with Crippen molar-refractivity contribution >= 4 is 11.8 Å². The Balaban J connectivity index is 2.17. The third-order valence-electron chi connectivity index (χ3n) is 3.05. The van der Waals surface area contributed by atoms with Crippen molar-refractivity contribution in [3.63, 3.8) is 0 Å². The van der Waals surface area contributed by atoms with Crippen LogP contribution in [0.2, 0.25) is 0 Å². The summed E-state index contributed by atoms with van der Waals surface area (Å²) >= 11 is 0. The molecule has 0 aromatic heterocycles. The second-order valence-corrected chi connectivity index (χ2v) is 4.17. The standard InChI is InChI=1S/C12H14FN3O2/c13-9-5-3-8(4-6-9)12(18)16-7-1-2-10(16)11(17)15-14/h3-6,10H,1-2,7,14H2,(H,15,17)/t10-/m0/s1. The Hall–Kier alpha value is -1.95. The zero-order valence-corrected chi connectivity index (χ0v) is 9.73. The van der Waals surface area contributed by atoms with Gasteiger partial charge in [0.15, 0.2) is 0 Å². The summed E-state index contributed by atoms with van der Waals surface area (Å²) in [5.41, 5.74) is 2.43. The minimum absolute atomic E-state index is 0.277. The molecule has 1 saturated heterocycles. The van der Waals surface area contributed by atoms with Crippen molar-refractivity contribution in [1.82, 2.24) is 10.3 Å². The average Bonchev–Trinajstić information content (AvgIpc) is 2.87. The number of amides is 2. The molecule has 0 spiro atoms. The summed E-state index contributed by atoms with van der Waals surface area (Å²) < 4.78 is 12.8. The van der Waals surface area contributed by atoms with Gasteiger partial charge in [-0.15, -0.1) is 0 Å². The van der Waals surface area contributed by atoms with Gasteiger partial charge in [0, 0.05) is 12.1 Å². The summed E-state index contributed by atoms with van der Waals surface area (Å²) in [6.07, 6.45) is 1.35. The fourth-order valence-corrected chi connectivity index (χ4v) is 2.14. The molecule has 1 aromatic rings. The first-order valence-electron chi connectivity index (χ1n) is 5.70. The minimum Gasteiger partial charge on any atom is -0.327 e. The van der Waals surface area contributed by atoms with Crippen LogP contribution in [0.3, 0.4) is 0 Å². The molecular weight excluding hydrogens is 237 g/mol. The average molecular weight is 251 g/mol. The monoisotopic (exact) mass is 251 g/mol. The quantitative estimate of drug-likeness (QED) is 0.454. The van der Waals surface area contributed by atoms with Crippen molar-refractivity contribution in [2.45, 2.75) is 18.9 Å². The molecule has 0 bridgehead atoms. The van der Waals surface area contributed by atoms with Gasteiger partial charge in [0.2, 0.25) is 0 Å². The summed E-state index contributed by atoms with van der Waals surface area (Å²) in [5.74, 6) is 4.04. The Morgan fingerprint density at radius 2 is 2.00 bits per heavy atom. The smallest absolute Gasteiger partial charge is 0.256 e. The van der Waals surface area contributed by atoms with Gasteiger partial charge in [-0.25, -0.2) is 10.2 Å². The van der Waals surface area contributed by atoms with Crippen LogP contribution in [0.1, 0.15) is 23.2 Å². The highest BCUT2D eigenvalue weighted by Crippen LogP contribution is 2.20. The number of rotatable bonds is 2. The lowest BCUT2D eigenvalue weighted by Gasteiger charge is -2.23. The summed E-state index contributed by atoms with van der Waals surface area (Å²) in [5, 5.41) is 0. The molecule has 1 fully saturated rings. The van der Waals surface area contributed by atoms with E-state index < -0.39 is 11.9 Å². The van der Waals surface area contributed by atoms with Crippen LogP contribution in [0.15, 0.2) is 24.3 Å². The van der Waals surface area contributed by atoms with Gasteiger partial charge in [-0.05, 0) is 37.1 Å². The van der Waals surface area contributed by atoms with Crippen LogP contribution in [0.5, 0.6) is 0 Å². The zero-order chi connectivity index (χ0) is 13.1. The zero-order valence-electron chi connectivity index (χ0n) is 9.73. The van der Waals surface area contributed by atoms with Gasteiger partial charge < -0.3 is 4.90 Å². The van der Waals surface area contributed by atoms with Crippen molar-refractivity contribution in [2.24, 2.45) is 5.84 Å². The van der Waals surface area contributed by atoms with Gasteiger partial charge in [0.1, 0.15) is 11.9 Å². The minimum atomic E-state index is -0.535. The number of hydrogen-bond donors (Lipinski definition) is 2. The third kappa shape index (κ3) is 2.33. The van der Waals surface area contributed by atoms with E-state index in [1.807, 2.05) is 0 Å². The van der Waals surface area contributed by atoms with E-state index >= 15 is 0 Å². The highest BCUT2D eigenvalue weighted by Gasteiger charge is 2.34. The Morgan fingerprint density at radius 1 is 1.33 bits per heavy atom. The van der Waals surface area contributed by atoms with Crippen molar-refractivity contribution in [3.05, 3.63) is 35.6 Å². The summed E-state index contributed by atoms with van der Waals surface area (Å²) in [6, 6.07) is 4.73. The molecule has 2 rings (SSSR count). The maximum atomic E-state index is 12.8. The number of hydrogen-bond acceptors (Lipinski definition) is 3. The van der Waals surface area contributed by atoms with Gasteiger partial charge in [0.25, 0.3) is 11.8 Å². The van der Waals surface area contributed by atoms with Crippen LogP contribution in [0.25, 0.3) is 0 Å². The third-order valence-corrected chi connectivity index (χ3v) is 3.05. The van der Waals surface area contributed by atoms with Crippen molar-refractivity contribution in [2.75, 3.05) is 6.54 Å². The number of carbonyl (C=O) groups is 2. The molecule has 1 atom stereocenters. The molecule has 6 heteroatoms. The maximum Gasteiger partial charge on any atom is 0.256 e. The molecule has 96 valence electrons. The van der Waals surface area contributed by atoms with E-state index in [9.17, 15) is 14.0 Å². The molecule has 2 amide bonds. The molecule has 1 heterocycles. The van der Waals surface area contributed by atoms with Crippen LogP contribution in [-0.2, 0) is 4.79 Å². The van der Waals surface area contributed by atoms with Gasteiger partial charge in [-0.2, -0.15) is 0 Å². The number of hydrazine groups is 1. The Morgan fingerprint density at radius 3 is 2.61 bits per heavy atom. The van der Waals surface area contributed by atoms with Crippen LogP contribution < -0.4 is 11.3 Å². The van der Waals surface area contributed by atoms with Crippen LogP contribution >= 0.6 is 0 Å². The summed E-state index contributed by atoms with van der Waals surface area (Å²) in [6.45, 7) is 0.508. The first-order valence-corrected chi connectivity index (χ1v) is 5.70. The molecule has 1 aliphatic heterocycles. The number of likely N-dealkylation sites (tertiary alicyclic amines) is 1. The fourth-order valence-electron chi connectivity index (χ4n) is 2.14.